The Morgan fingerprint density at radius 3 is 2.50 bits per heavy atom. The number of hydrogen-bond donors (Lipinski definition) is 1. The molecular formula is C19H21NO2. The van der Waals surface area contributed by atoms with E-state index in [0.29, 0.717) is 12.8 Å². The summed E-state index contributed by atoms with van der Waals surface area (Å²) < 4.78 is 0. The molecule has 1 aromatic heterocycles. The molecule has 3 rings (SSSR count). The van der Waals surface area contributed by atoms with Gasteiger partial charge in [-0.05, 0) is 55.5 Å². The van der Waals surface area contributed by atoms with E-state index < -0.39 is 12.0 Å². The molecule has 1 fully saturated rings. The molecule has 114 valence electrons. The Bertz CT molecular complexity index is 661. The van der Waals surface area contributed by atoms with Gasteiger partial charge >= 0.3 is 0 Å². The molecule has 22 heavy (non-hydrogen) atoms. The van der Waals surface area contributed by atoms with Crippen LogP contribution in [0.15, 0.2) is 42.6 Å². The first-order valence-electron chi connectivity index (χ1n) is 7.75. The number of ketones is 1. The number of pyridine rings is 1. The van der Waals surface area contributed by atoms with Crippen LogP contribution in [-0.2, 0) is 11.2 Å². The number of carbonyl (C=O) groups is 1. The maximum absolute atomic E-state index is 12.8. The lowest BCUT2D eigenvalue weighted by Crippen LogP contribution is -2.20. The van der Waals surface area contributed by atoms with Crippen molar-refractivity contribution in [3.8, 4) is 0 Å². The third-order valence-electron chi connectivity index (χ3n) is 4.65. The Balaban J connectivity index is 1.87. The Kier molecular flexibility index (Phi) is 4.08. The van der Waals surface area contributed by atoms with Gasteiger partial charge in [0.25, 0.3) is 0 Å². The number of hydrogen-bond acceptors (Lipinski definition) is 3. The summed E-state index contributed by atoms with van der Waals surface area (Å²) in [5.74, 6) is -0.389. The average molecular weight is 295 g/mol. The molecule has 2 aromatic rings. The predicted octanol–water partition coefficient (Wildman–Crippen LogP) is 2.97. The molecule has 3 heteroatoms. The second kappa shape index (κ2) is 6.01. The van der Waals surface area contributed by atoms with Crippen LogP contribution in [-0.4, -0.2) is 22.0 Å². The van der Waals surface area contributed by atoms with Gasteiger partial charge in [-0.2, -0.15) is 0 Å². The molecule has 1 aromatic carbocycles. The quantitative estimate of drug-likeness (QED) is 0.947. The van der Waals surface area contributed by atoms with Crippen LogP contribution in [0.2, 0.25) is 0 Å². The summed E-state index contributed by atoms with van der Waals surface area (Å²) in [5, 5.41) is 10.5. The normalized spacial score (nSPS) is 24.7. The summed E-state index contributed by atoms with van der Waals surface area (Å²) in [6, 6.07) is 11.7. The van der Waals surface area contributed by atoms with Gasteiger partial charge < -0.3 is 5.11 Å². The van der Waals surface area contributed by atoms with Crippen molar-refractivity contribution in [1.29, 1.82) is 0 Å². The number of aryl methyl sites for hydroxylation is 2. The predicted molar refractivity (Wildman–Crippen MR) is 85.7 cm³/mol. The van der Waals surface area contributed by atoms with Crippen molar-refractivity contribution in [3.63, 3.8) is 0 Å². The highest BCUT2D eigenvalue weighted by Crippen LogP contribution is 2.39. The van der Waals surface area contributed by atoms with Crippen LogP contribution in [0.4, 0.5) is 0 Å². The van der Waals surface area contributed by atoms with Gasteiger partial charge in [0.1, 0.15) is 5.78 Å². The van der Waals surface area contributed by atoms with Gasteiger partial charge in [-0.15, -0.1) is 0 Å². The van der Waals surface area contributed by atoms with Crippen LogP contribution < -0.4 is 0 Å². The average Bonchev–Trinajstić information content (AvgIpc) is 2.76. The van der Waals surface area contributed by atoms with Gasteiger partial charge in [-0.3, -0.25) is 9.78 Å². The van der Waals surface area contributed by atoms with Crippen LogP contribution in [0.25, 0.3) is 0 Å². The lowest BCUT2D eigenvalue weighted by atomic mass is 9.86. The Morgan fingerprint density at radius 1 is 1.14 bits per heavy atom. The first-order valence-corrected chi connectivity index (χ1v) is 7.75. The van der Waals surface area contributed by atoms with E-state index in [-0.39, 0.29) is 11.7 Å². The zero-order valence-corrected chi connectivity index (χ0v) is 13.0. The monoisotopic (exact) mass is 295 g/mol. The molecule has 3 unspecified atom stereocenters. The van der Waals surface area contributed by atoms with Crippen LogP contribution in [0.1, 0.15) is 34.7 Å². The molecule has 0 saturated heterocycles. The van der Waals surface area contributed by atoms with Crippen molar-refractivity contribution < 1.29 is 9.90 Å². The van der Waals surface area contributed by atoms with Crippen LogP contribution in [0.5, 0.6) is 0 Å². The van der Waals surface area contributed by atoms with Gasteiger partial charge in [0, 0.05) is 17.8 Å². The minimum Gasteiger partial charge on any atom is -0.392 e. The SMILES string of the molecule is Cc1cccc(C)c1C1C(=O)C(Cc2ccccn2)CC1O. The number of Topliss-reactive ketones (excluding diaryl/α,β-unsaturated/α-hetero) is 1. The minimum absolute atomic E-state index is 0.145. The molecule has 3 nitrogen and oxygen atoms in total. The zero-order valence-electron chi connectivity index (χ0n) is 13.0. The van der Waals surface area contributed by atoms with E-state index in [9.17, 15) is 9.90 Å². The third-order valence-corrected chi connectivity index (χ3v) is 4.65. The number of nitrogens with zero attached hydrogens (tertiary/aromatic N) is 1. The number of aromatic nitrogens is 1. The Morgan fingerprint density at radius 2 is 1.86 bits per heavy atom. The molecule has 0 spiro atoms. The summed E-state index contributed by atoms with van der Waals surface area (Å²) in [7, 11) is 0. The Hall–Kier alpha value is -2.00. The molecule has 1 saturated carbocycles. The summed E-state index contributed by atoms with van der Waals surface area (Å²) in [6.45, 7) is 4.02. The van der Waals surface area contributed by atoms with Gasteiger partial charge in [-0.25, -0.2) is 0 Å². The smallest absolute Gasteiger partial charge is 0.146 e. The first kappa shape index (κ1) is 14.9. The molecule has 0 radical (unpaired) electrons. The minimum atomic E-state index is -0.596. The highest BCUT2D eigenvalue weighted by atomic mass is 16.3. The van der Waals surface area contributed by atoms with Crippen molar-refractivity contribution in [2.45, 2.75) is 38.7 Å². The number of benzene rings is 1. The maximum Gasteiger partial charge on any atom is 0.146 e. The van der Waals surface area contributed by atoms with Crippen molar-refractivity contribution in [2.24, 2.45) is 5.92 Å². The van der Waals surface area contributed by atoms with Gasteiger partial charge in [-0.1, -0.05) is 24.3 Å². The molecule has 1 aliphatic rings. The second-order valence-electron chi connectivity index (χ2n) is 6.21. The molecule has 1 aliphatic carbocycles. The van der Waals surface area contributed by atoms with Gasteiger partial charge in [0.05, 0.1) is 12.0 Å². The van der Waals surface area contributed by atoms with Crippen LogP contribution in [0, 0.1) is 19.8 Å². The van der Waals surface area contributed by atoms with E-state index in [4.69, 9.17) is 0 Å². The molecule has 1 heterocycles. The second-order valence-corrected chi connectivity index (χ2v) is 6.21. The topological polar surface area (TPSA) is 50.2 Å². The first-order chi connectivity index (χ1) is 10.6. The zero-order chi connectivity index (χ0) is 15.7. The van der Waals surface area contributed by atoms with E-state index in [1.165, 1.54) is 0 Å². The van der Waals surface area contributed by atoms with Crippen LogP contribution in [0.3, 0.4) is 0 Å². The largest absolute Gasteiger partial charge is 0.392 e. The fourth-order valence-corrected chi connectivity index (χ4v) is 3.60. The number of carbonyl (C=O) groups excluding carboxylic acids is 1. The van der Waals surface area contributed by atoms with E-state index in [0.717, 1.165) is 22.4 Å². The number of aliphatic hydroxyl groups is 1. The van der Waals surface area contributed by atoms with Crippen LogP contribution >= 0.6 is 0 Å². The summed E-state index contributed by atoms with van der Waals surface area (Å²) in [5.41, 5.74) is 4.07. The molecule has 0 aliphatic heterocycles. The Labute approximate surface area is 131 Å². The van der Waals surface area contributed by atoms with E-state index in [1.807, 2.05) is 50.2 Å². The fraction of sp³-hybridized carbons (Fsp3) is 0.368. The summed E-state index contributed by atoms with van der Waals surface area (Å²) in [4.78, 5) is 17.1. The lowest BCUT2D eigenvalue weighted by molar-refractivity contribution is -0.122. The van der Waals surface area contributed by atoms with Gasteiger partial charge in [0.2, 0.25) is 0 Å². The lowest BCUT2D eigenvalue weighted by Gasteiger charge is -2.18. The number of aliphatic hydroxyl groups excluding tert-OH is 1. The van der Waals surface area contributed by atoms with E-state index in [1.54, 1.807) is 6.20 Å². The molecule has 3 atom stereocenters. The van der Waals surface area contributed by atoms with Crippen molar-refractivity contribution in [3.05, 3.63) is 65.0 Å². The summed E-state index contributed by atoms with van der Waals surface area (Å²) in [6.07, 6.45) is 2.28. The number of rotatable bonds is 3. The van der Waals surface area contributed by atoms with Crippen molar-refractivity contribution >= 4 is 5.78 Å². The molecule has 0 bridgehead atoms. The van der Waals surface area contributed by atoms with Crippen molar-refractivity contribution in [1.82, 2.24) is 4.98 Å². The van der Waals surface area contributed by atoms with E-state index >= 15 is 0 Å². The summed E-state index contributed by atoms with van der Waals surface area (Å²) >= 11 is 0. The fourth-order valence-electron chi connectivity index (χ4n) is 3.60. The van der Waals surface area contributed by atoms with Crippen molar-refractivity contribution in [2.75, 3.05) is 0 Å². The highest BCUT2D eigenvalue weighted by Gasteiger charge is 2.43. The van der Waals surface area contributed by atoms with Gasteiger partial charge in [0.15, 0.2) is 0 Å². The molecule has 0 amide bonds. The standard InChI is InChI=1S/C19H21NO2/c1-12-6-5-7-13(2)17(12)18-16(21)11-14(19(18)22)10-15-8-3-4-9-20-15/h3-9,14,16,18,21H,10-11H2,1-2H3. The van der Waals surface area contributed by atoms with E-state index in [2.05, 4.69) is 4.98 Å². The highest BCUT2D eigenvalue weighted by molar-refractivity contribution is 5.91. The third kappa shape index (κ3) is 2.69. The maximum atomic E-state index is 12.8. The molecular weight excluding hydrogens is 274 g/mol. The molecule has 1 N–H and O–H groups in total.